The van der Waals surface area contributed by atoms with Gasteiger partial charge in [-0.15, -0.1) is 11.3 Å². The first-order valence-corrected chi connectivity index (χ1v) is 11.3. The topological polar surface area (TPSA) is 62.6 Å². The first-order valence-electron chi connectivity index (χ1n) is 10.5. The Hall–Kier alpha value is -2.18. The second-order valence-electron chi connectivity index (χ2n) is 7.53. The van der Waals surface area contributed by atoms with Gasteiger partial charge in [0.1, 0.15) is 5.00 Å². The van der Waals surface area contributed by atoms with Crippen molar-refractivity contribution in [3.63, 3.8) is 0 Å². The summed E-state index contributed by atoms with van der Waals surface area (Å²) in [6.07, 6.45) is 2.03. The molecule has 0 aliphatic rings. The molecule has 2 rings (SSSR count). The van der Waals surface area contributed by atoms with E-state index in [1.54, 1.807) is 17.0 Å². The van der Waals surface area contributed by atoms with Crippen molar-refractivity contribution in [1.29, 1.82) is 0 Å². The summed E-state index contributed by atoms with van der Waals surface area (Å²) in [6.45, 7) is 13.8. The number of carbonyl (C=O) groups excluding carboxylic acids is 2. The minimum absolute atomic E-state index is 0.0924. The number of anilines is 1. The molecule has 0 saturated heterocycles. The third kappa shape index (κ3) is 6.41. The summed E-state index contributed by atoms with van der Waals surface area (Å²) in [7, 11) is 0. The molecule has 0 spiro atoms. The van der Waals surface area contributed by atoms with Crippen molar-refractivity contribution in [3.05, 3.63) is 51.9 Å². The molecule has 1 unspecified atom stereocenters. The summed E-state index contributed by atoms with van der Waals surface area (Å²) < 4.78 is 0. The lowest BCUT2D eigenvalue weighted by atomic mass is 10.1. The standard InChI is InChI=1S/C23H33N3O2S/c1-6-26(7-2)15-11-12-16(3)24-22(28)20-17(4)18(5)29-23(20)25-21(27)19-13-9-8-10-14-19/h8-10,13-14,16H,6-7,11-12,15H2,1-5H3,(H,24,28)(H,25,27)/p+1. The number of carbonyl (C=O) groups is 2. The normalized spacial score (nSPS) is 12.1. The van der Waals surface area contributed by atoms with Gasteiger partial charge >= 0.3 is 0 Å². The maximum Gasteiger partial charge on any atom is 0.256 e. The second kappa shape index (κ2) is 11.1. The Balaban J connectivity index is 2.03. The average Bonchev–Trinajstić information content (AvgIpc) is 2.99. The fourth-order valence-electron chi connectivity index (χ4n) is 3.38. The van der Waals surface area contributed by atoms with Gasteiger partial charge in [-0.05, 0) is 65.2 Å². The van der Waals surface area contributed by atoms with Crippen LogP contribution in [0, 0.1) is 13.8 Å². The van der Waals surface area contributed by atoms with Gasteiger partial charge in [-0.25, -0.2) is 0 Å². The lowest BCUT2D eigenvalue weighted by Crippen LogP contribution is -3.11. The van der Waals surface area contributed by atoms with Crippen molar-refractivity contribution >= 4 is 28.2 Å². The van der Waals surface area contributed by atoms with Crippen LogP contribution in [-0.2, 0) is 0 Å². The number of quaternary nitrogens is 1. The fourth-order valence-corrected chi connectivity index (χ4v) is 4.44. The van der Waals surface area contributed by atoms with Crippen molar-refractivity contribution in [2.75, 3.05) is 25.0 Å². The fraction of sp³-hybridized carbons (Fsp3) is 0.478. The first-order chi connectivity index (χ1) is 13.9. The van der Waals surface area contributed by atoms with Crippen LogP contribution in [-0.4, -0.2) is 37.5 Å². The van der Waals surface area contributed by atoms with Crippen molar-refractivity contribution in [1.82, 2.24) is 5.32 Å². The molecular weight excluding hydrogens is 382 g/mol. The molecule has 0 saturated carbocycles. The van der Waals surface area contributed by atoms with Crippen LogP contribution < -0.4 is 15.5 Å². The number of benzene rings is 1. The molecule has 1 atom stereocenters. The molecule has 1 aromatic heterocycles. The van der Waals surface area contributed by atoms with E-state index in [-0.39, 0.29) is 17.9 Å². The Morgan fingerprint density at radius 3 is 2.34 bits per heavy atom. The van der Waals surface area contributed by atoms with E-state index < -0.39 is 0 Å². The van der Waals surface area contributed by atoms with Gasteiger partial charge in [0.25, 0.3) is 11.8 Å². The van der Waals surface area contributed by atoms with Crippen molar-refractivity contribution in [3.8, 4) is 0 Å². The van der Waals surface area contributed by atoms with E-state index in [4.69, 9.17) is 0 Å². The highest BCUT2D eigenvalue weighted by Gasteiger charge is 2.22. The largest absolute Gasteiger partial charge is 0.349 e. The SMILES string of the molecule is CC[NH+](CC)CCCC(C)NC(=O)c1c(NC(=O)c2ccccc2)sc(C)c1C. The number of rotatable bonds is 10. The quantitative estimate of drug-likeness (QED) is 0.556. The number of nitrogens with one attached hydrogen (secondary N) is 3. The molecule has 0 aliphatic heterocycles. The van der Waals surface area contributed by atoms with Crippen LogP contribution in [0.3, 0.4) is 0 Å². The summed E-state index contributed by atoms with van der Waals surface area (Å²) in [5.41, 5.74) is 2.09. The highest BCUT2D eigenvalue weighted by atomic mass is 32.1. The number of thiophene rings is 1. The Bertz CT molecular complexity index is 813. The Labute approximate surface area is 178 Å². The monoisotopic (exact) mass is 416 g/mol. The summed E-state index contributed by atoms with van der Waals surface area (Å²) in [6, 6.07) is 9.15. The number of amides is 2. The first kappa shape index (κ1) is 23.1. The zero-order valence-corrected chi connectivity index (χ0v) is 19.0. The molecule has 0 fully saturated rings. The van der Waals surface area contributed by atoms with E-state index >= 15 is 0 Å². The van der Waals surface area contributed by atoms with Gasteiger partial charge < -0.3 is 15.5 Å². The number of hydrogen-bond donors (Lipinski definition) is 3. The molecule has 0 radical (unpaired) electrons. The molecule has 3 N–H and O–H groups in total. The minimum Gasteiger partial charge on any atom is -0.349 e. The van der Waals surface area contributed by atoms with E-state index in [1.165, 1.54) is 11.3 Å². The summed E-state index contributed by atoms with van der Waals surface area (Å²) >= 11 is 1.45. The van der Waals surface area contributed by atoms with Gasteiger partial charge in [0.2, 0.25) is 0 Å². The number of aryl methyl sites for hydroxylation is 1. The van der Waals surface area contributed by atoms with Gasteiger partial charge in [-0.3, -0.25) is 9.59 Å². The molecular formula is C23H34N3O2S+. The zero-order valence-electron chi connectivity index (χ0n) is 18.2. The van der Waals surface area contributed by atoms with Crippen LogP contribution in [0.4, 0.5) is 5.00 Å². The summed E-state index contributed by atoms with van der Waals surface area (Å²) in [4.78, 5) is 28.2. The third-order valence-corrected chi connectivity index (χ3v) is 6.54. The predicted molar refractivity (Wildman–Crippen MR) is 121 cm³/mol. The van der Waals surface area contributed by atoms with E-state index in [2.05, 4.69) is 24.5 Å². The third-order valence-electron chi connectivity index (χ3n) is 5.42. The van der Waals surface area contributed by atoms with Gasteiger partial charge in [0, 0.05) is 16.5 Å². The van der Waals surface area contributed by atoms with Crippen LogP contribution in [0.1, 0.15) is 64.8 Å². The average molecular weight is 417 g/mol. The highest BCUT2D eigenvalue weighted by Crippen LogP contribution is 2.32. The molecule has 1 aromatic carbocycles. The van der Waals surface area contributed by atoms with Gasteiger partial charge in [0.15, 0.2) is 0 Å². The molecule has 2 aromatic rings. The predicted octanol–water partition coefficient (Wildman–Crippen LogP) is 3.44. The van der Waals surface area contributed by atoms with Gasteiger partial charge in [-0.1, -0.05) is 18.2 Å². The minimum atomic E-state index is -0.198. The van der Waals surface area contributed by atoms with E-state index in [1.807, 2.05) is 39.0 Å². The molecule has 6 heteroatoms. The zero-order chi connectivity index (χ0) is 21.4. The Morgan fingerprint density at radius 1 is 1.07 bits per heavy atom. The van der Waals surface area contributed by atoms with E-state index in [9.17, 15) is 9.59 Å². The maximum absolute atomic E-state index is 13.0. The molecule has 29 heavy (non-hydrogen) atoms. The van der Waals surface area contributed by atoms with Crippen molar-refractivity contribution in [2.45, 2.75) is 53.5 Å². The Morgan fingerprint density at radius 2 is 1.72 bits per heavy atom. The maximum atomic E-state index is 13.0. The summed E-state index contributed by atoms with van der Waals surface area (Å²) in [5.74, 6) is -0.311. The summed E-state index contributed by atoms with van der Waals surface area (Å²) in [5, 5.41) is 6.67. The van der Waals surface area contributed by atoms with Gasteiger partial charge in [0.05, 0.1) is 25.2 Å². The molecule has 2 amide bonds. The van der Waals surface area contributed by atoms with Crippen molar-refractivity contribution in [2.24, 2.45) is 0 Å². The van der Waals surface area contributed by atoms with Crippen LogP contribution in [0.5, 0.6) is 0 Å². The van der Waals surface area contributed by atoms with E-state index in [0.29, 0.717) is 16.1 Å². The lowest BCUT2D eigenvalue weighted by molar-refractivity contribution is -0.896. The van der Waals surface area contributed by atoms with Crippen LogP contribution >= 0.6 is 11.3 Å². The van der Waals surface area contributed by atoms with Crippen LogP contribution in [0.2, 0.25) is 0 Å². The highest BCUT2D eigenvalue weighted by molar-refractivity contribution is 7.16. The van der Waals surface area contributed by atoms with Crippen LogP contribution in [0.25, 0.3) is 0 Å². The van der Waals surface area contributed by atoms with Crippen LogP contribution in [0.15, 0.2) is 30.3 Å². The van der Waals surface area contributed by atoms with Gasteiger partial charge in [-0.2, -0.15) is 0 Å². The Kier molecular flexibility index (Phi) is 8.86. The van der Waals surface area contributed by atoms with Crippen molar-refractivity contribution < 1.29 is 14.5 Å². The molecule has 158 valence electrons. The number of hydrogen-bond acceptors (Lipinski definition) is 3. The molecule has 5 nitrogen and oxygen atoms in total. The molecule has 0 aliphatic carbocycles. The molecule has 1 heterocycles. The van der Waals surface area contributed by atoms with E-state index in [0.717, 1.165) is 42.9 Å². The molecule has 0 bridgehead atoms. The lowest BCUT2D eigenvalue weighted by Gasteiger charge is -2.18. The second-order valence-corrected chi connectivity index (χ2v) is 8.76. The smallest absolute Gasteiger partial charge is 0.256 e.